The summed E-state index contributed by atoms with van der Waals surface area (Å²) in [6, 6.07) is 2.35. The molecule has 1 N–H and O–H groups in total. The van der Waals surface area contributed by atoms with E-state index < -0.39 is 0 Å². The average Bonchev–Trinajstić information content (AvgIpc) is 2.91. The Bertz CT molecular complexity index is 320. The van der Waals surface area contributed by atoms with Gasteiger partial charge < -0.3 is 5.32 Å². The molecule has 1 aromatic rings. The summed E-state index contributed by atoms with van der Waals surface area (Å²) >= 11 is 1.85. The Kier molecular flexibility index (Phi) is 5.71. The molecule has 18 heavy (non-hydrogen) atoms. The van der Waals surface area contributed by atoms with E-state index in [4.69, 9.17) is 0 Å². The van der Waals surface area contributed by atoms with Crippen LogP contribution in [0.2, 0.25) is 0 Å². The lowest BCUT2D eigenvalue weighted by molar-refractivity contribution is 0.221. The summed E-state index contributed by atoms with van der Waals surface area (Å²) in [6.45, 7) is 6.84. The molecule has 1 aromatic heterocycles. The van der Waals surface area contributed by atoms with Crippen LogP contribution in [0.25, 0.3) is 0 Å². The van der Waals surface area contributed by atoms with E-state index in [0.717, 1.165) is 24.3 Å². The summed E-state index contributed by atoms with van der Waals surface area (Å²) in [4.78, 5) is 0. The van der Waals surface area contributed by atoms with E-state index in [9.17, 15) is 0 Å². The first-order valence-corrected chi connectivity index (χ1v) is 8.52. The topological polar surface area (TPSA) is 12.0 Å². The molecule has 1 aliphatic rings. The number of thiophene rings is 1. The second kappa shape index (κ2) is 7.30. The van der Waals surface area contributed by atoms with Crippen molar-refractivity contribution in [3.63, 3.8) is 0 Å². The summed E-state index contributed by atoms with van der Waals surface area (Å²) in [5, 5.41) is 8.17. The maximum atomic E-state index is 3.56. The van der Waals surface area contributed by atoms with Crippen LogP contribution in [0.4, 0.5) is 0 Å². The molecule has 0 bridgehead atoms. The van der Waals surface area contributed by atoms with Gasteiger partial charge in [0.2, 0.25) is 0 Å². The highest BCUT2D eigenvalue weighted by molar-refractivity contribution is 7.07. The maximum absolute atomic E-state index is 3.56. The Hall–Kier alpha value is -0.340. The van der Waals surface area contributed by atoms with E-state index in [1.807, 2.05) is 11.3 Å². The molecule has 1 saturated carbocycles. The van der Waals surface area contributed by atoms with Crippen LogP contribution in [0.15, 0.2) is 16.8 Å². The largest absolute Gasteiger partial charge is 0.317 e. The van der Waals surface area contributed by atoms with E-state index in [1.54, 1.807) is 5.56 Å². The van der Waals surface area contributed by atoms with Crippen LogP contribution in [0.3, 0.4) is 0 Å². The zero-order valence-corrected chi connectivity index (χ0v) is 12.6. The van der Waals surface area contributed by atoms with E-state index in [2.05, 4.69) is 36.0 Å². The third-order valence-corrected chi connectivity index (χ3v) is 5.13. The van der Waals surface area contributed by atoms with E-state index in [0.29, 0.717) is 0 Å². The Morgan fingerprint density at radius 3 is 2.89 bits per heavy atom. The van der Waals surface area contributed by atoms with Crippen molar-refractivity contribution in [1.29, 1.82) is 0 Å². The average molecular weight is 265 g/mol. The predicted molar refractivity (Wildman–Crippen MR) is 81.3 cm³/mol. The monoisotopic (exact) mass is 265 g/mol. The lowest BCUT2D eigenvalue weighted by Crippen LogP contribution is -2.31. The lowest BCUT2D eigenvalue weighted by atomic mass is 9.70. The molecular weight excluding hydrogens is 238 g/mol. The minimum absolute atomic E-state index is 0.806. The Morgan fingerprint density at radius 1 is 1.33 bits per heavy atom. The standard InChI is InChI=1S/C16H27NS/c1-3-5-13-6-7-14(11-17-4-2)16(10-13)15-8-9-18-12-15/h8-9,12-14,16-17H,3-7,10-11H2,1-2H3. The van der Waals surface area contributed by atoms with Gasteiger partial charge in [-0.3, -0.25) is 0 Å². The van der Waals surface area contributed by atoms with E-state index in [1.165, 1.54) is 38.6 Å². The maximum Gasteiger partial charge on any atom is -0.00148 e. The van der Waals surface area contributed by atoms with Gasteiger partial charge in [-0.05, 0) is 66.1 Å². The zero-order valence-electron chi connectivity index (χ0n) is 11.8. The van der Waals surface area contributed by atoms with Crippen LogP contribution in [-0.4, -0.2) is 13.1 Å². The van der Waals surface area contributed by atoms with Gasteiger partial charge in [-0.15, -0.1) is 0 Å². The molecule has 1 aliphatic carbocycles. The van der Waals surface area contributed by atoms with Crippen molar-refractivity contribution in [2.24, 2.45) is 11.8 Å². The van der Waals surface area contributed by atoms with Crippen molar-refractivity contribution in [3.05, 3.63) is 22.4 Å². The van der Waals surface area contributed by atoms with Gasteiger partial charge in [0.05, 0.1) is 0 Å². The number of rotatable bonds is 6. The third-order valence-electron chi connectivity index (χ3n) is 4.43. The summed E-state index contributed by atoms with van der Waals surface area (Å²) < 4.78 is 0. The highest BCUT2D eigenvalue weighted by Gasteiger charge is 2.30. The molecule has 1 heterocycles. The molecule has 1 nitrogen and oxygen atoms in total. The van der Waals surface area contributed by atoms with Crippen molar-refractivity contribution in [1.82, 2.24) is 5.32 Å². The minimum Gasteiger partial charge on any atom is -0.317 e. The Labute approximate surface area is 116 Å². The molecule has 0 amide bonds. The number of hydrogen-bond acceptors (Lipinski definition) is 2. The van der Waals surface area contributed by atoms with Crippen molar-refractivity contribution in [3.8, 4) is 0 Å². The van der Waals surface area contributed by atoms with Crippen LogP contribution < -0.4 is 5.32 Å². The minimum atomic E-state index is 0.806. The summed E-state index contributed by atoms with van der Waals surface area (Å²) in [7, 11) is 0. The third kappa shape index (κ3) is 3.58. The molecule has 2 heteroatoms. The fraction of sp³-hybridized carbons (Fsp3) is 0.750. The van der Waals surface area contributed by atoms with Crippen molar-refractivity contribution in [2.45, 2.75) is 51.9 Å². The highest BCUT2D eigenvalue weighted by Crippen LogP contribution is 2.42. The van der Waals surface area contributed by atoms with Crippen LogP contribution >= 0.6 is 11.3 Å². The van der Waals surface area contributed by atoms with E-state index in [-0.39, 0.29) is 0 Å². The van der Waals surface area contributed by atoms with Gasteiger partial charge in [0, 0.05) is 0 Å². The molecule has 0 saturated heterocycles. The number of hydrogen-bond donors (Lipinski definition) is 1. The quantitative estimate of drug-likeness (QED) is 0.789. The van der Waals surface area contributed by atoms with Crippen molar-refractivity contribution >= 4 is 11.3 Å². The van der Waals surface area contributed by atoms with Crippen LogP contribution in [0, 0.1) is 11.8 Å². The second-order valence-corrected chi connectivity index (χ2v) is 6.48. The molecule has 0 spiro atoms. The summed E-state index contributed by atoms with van der Waals surface area (Å²) in [5.74, 6) is 2.63. The van der Waals surface area contributed by atoms with Gasteiger partial charge >= 0.3 is 0 Å². The molecule has 0 aromatic carbocycles. The summed E-state index contributed by atoms with van der Waals surface area (Å²) in [6.07, 6.45) is 7.05. The van der Waals surface area contributed by atoms with Crippen molar-refractivity contribution < 1.29 is 0 Å². The smallest absolute Gasteiger partial charge is 0.00148 e. The van der Waals surface area contributed by atoms with Crippen LogP contribution in [0.1, 0.15) is 57.4 Å². The van der Waals surface area contributed by atoms with Gasteiger partial charge in [-0.25, -0.2) is 0 Å². The fourth-order valence-corrected chi connectivity index (χ4v) is 4.18. The van der Waals surface area contributed by atoms with Gasteiger partial charge in [-0.2, -0.15) is 11.3 Å². The normalized spacial score (nSPS) is 28.4. The first kappa shape index (κ1) is 14.1. The Balaban J connectivity index is 2.01. The number of nitrogens with one attached hydrogen (secondary N) is 1. The molecule has 2 rings (SSSR count). The van der Waals surface area contributed by atoms with E-state index >= 15 is 0 Å². The predicted octanol–water partition coefficient (Wildman–Crippen LogP) is 4.66. The SMILES string of the molecule is CCCC1CCC(CNCC)C(c2ccsc2)C1. The molecular formula is C16H27NS. The van der Waals surface area contributed by atoms with Crippen LogP contribution in [-0.2, 0) is 0 Å². The molecule has 0 radical (unpaired) electrons. The lowest BCUT2D eigenvalue weighted by Gasteiger charge is -2.36. The zero-order chi connectivity index (χ0) is 12.8. The molecule has 102 valence electrons. The van der Waals surface area contributed by atoms with Gasteiger partial charge in [-0.1, -0.05) is 33.1 Å². The molecule has 3 atom stereocenters. The molecule has 3 unspecified atom stereocenters. The van der Waals surface area contributed by atoms with Crippen molar-refractivity contribution in [2.75, 3.05) is 13.1 Å². The fourth-order valence-electron chi connectivity index (χ4n) is 3.46. The van der Waals surface area contributed by atoms with Crippen LogP contribution in [0.5, 0.6) is 0 Å². The van der Waals surface area contributed by atoms with Gasteiger partial charge in [0.15, 0.2) is 0 Å². The second-order valence-electron chi connectivity index (χ2n) is 5.70. The van der Waals surface area contributed by atoms with Gasteiger partial charge in [0.1, 0.15) is 0 Å². The van der Waals surface area contributed by atoms with Gasteiger partial charge in [0.25, 0.3) is 0 Å². The highest BCUT2D eigenvalue weighted by atomic mass is 32.1. The Morgan fingerprint density at radius 2 is 2.22 bits per heavy atom. The first-order valence-electron chi connectivity index (χ1n) is 7.57. The first-order chi connectivity index (χ1) is 8.85. The summed E-state index contributed by atoms with van der Waals surface area (Å²) in [5.41, 5.74) is 1.60. The molecule has 0 aliphatic heterocycles. The molecule has 1 fully saturated rings.